The summed E-state index contributed by atoms with van der Waals surface area (Å²) in [5, 5.41) is 4.99. The van der Waals surface area contributed by atoms with Crippen LogP contribution in [0.3, 0.4) is 0 Å². The second-order valence-electron chi connectivity index (χ2n) is 4.51. The molecule has 0 atom stereocenters. The molecule has 0 fully saturated rings. The highest BCUT2D eigenvalue weighted by Gasteiger charge is 2.07. The molecule has 0 saturated carbocycles. The van der Waals surface area contributed by atoms with Gasteiger partial charge in [-0.05, 0) is 65.1 Å². The molecule has 1 aromatic heterocycles. The van der Waals surface area contributed by atoms with Crippen molar-refractivity contribution in [2.75, 3.05) is 13.2 Å². The van der Waals surface area contributed by atoms with Crippen molar-refractivity contribution in [1.82, 2.24) is 0 Å². The number of carbonyl (C=O) groups is 1. The van der Waals surface area contributed by atoms with E-state index in [2.05, 4.69) is 0 Å². The summed E-state index contributed by atoms with van der Waals surface area (Å²) in [6.45, 7) is 0.183. The normalized spacial score (nSPS) is 11.6. The number of nitrogens with two attached hydrogens (primary N) is 1. The summed E-state index contributed by atoms with van der Waals surface area (Å²) in [5.74, 6) is 0.483. The first kappa shape index (κ1) is 18.5. The highest BCUT2D eigenvalue weighted by Crippen LogP contribution is 2.14. The Labute approximate surface area is 152 Å². The lowest BCUT2D eigenvalue weighted by atomic mass is 10.3. The largest absolute Gasteiger partial charge is 0.490 e. The molecule has 0 aliphatic carbocycles. The molecule has 0 aliphatic heterocycles. The van der Waals surface area contributed by atoms with E-state index in [1.54, 1.807) is 12.1 Å². The number of halogens is 1. The van der Waals surface area contributed by atoms with Gasteiger partial charge in [-0.15, -0.1) is 0 Å². The molecule has 7 nitrogen and oxygen atoms in total. The van der Waals surface area contributed by atoms with Crippen molar-refractivity contribution in [3.63, 3.8) is 0 Å². The zero-order valence-electron chi connectivity index (χ0n) is 12.3. The van der Waals surface area contributed by atoms with Gasteiger partial charge in [0.2, 0.25) is 10.0 Å². The fourth-order valence-electron chi connectivity index (χ4n) is 1.64. The third-order valence-corrected chi connectivity index (χ3v) is 4.24. The van der Waals surface area contributed by atoms with Crippen LogP contribution < -0.4 is 9.88 Å². The molecule has 128 valence electrons. The van der Waals surface area contributed by atoms with Crippen molar-refractivity contribution in [3.05, 3.63) is 52.0 Å². The summed E-state index contributed by atoms with van der Waals surface area (Å²) < 4.78 is 38.5. The third-order valence-electron chi connectivity index (χ3n) is 2.73. The monoisotopic (exact) mass is 463 g/mol. The van der Waals surface area contributed by atoms with Gasteiger partial charge in [-0.2, -0.15) is 0 Å². The Morgan fingerprint density at radius 1 is 1.17 bits per heavy atom. The van der Waals surface area contributed by atoms with Gasteiger partial charge >= 0.3 is 5.97 Å². The van der Waals surface area contributed by atoms with Gasteiger partial charge in [0.15, 0.2) is 3.77 Å². The number of carbonyl (C=O) groups excluding carboxylic acids is 1. The lowest BCUT2D eigenvalue weighted by Crippen LogP contribution is -2.12. The van der Waals surface area contributed by atoms with Crippen molar-refractivity contribution in [1.29, 1.82) is 0 Å². The quantitative estimate of drug-likeness (QED) is 0.292. The number of rotatable bonds is 7. The number of esters is 1. The predicted octanol–water partition coefficient (Wildman–Crippen LogP) is 2.17. The Balaban J connectivity index is 1.72. The molecule has 0 saturated heterocycles. The minimum absolute atomic E-state index is 0.000924. The first-order valence-electron chi connectivity index (χ1n) is 6.70. The van der Waals surface area contributed by atoms with E-state index in [0.29, 0.717) is 11.5 Å². The van der Waals surface area contributed by atoms with E-state index in [4.69, 9.17) is 19.0 Å². The minimum atomic E-state index is -3.72. The number of hydrogen-bond acceptors (Lipinski definition) is 6. The standard InChI is InChI=1S/C15H14INO6S/c16-14-7-3-12(23-14)4-8-15(18)22-10-9-21-11-1-5-13(6-2-11)24(17,19)20/h1-8H,9-10H2,(H2,17,19,20)/b8-4+. The molecule has 24 heavy (non-hydrogen) atoms. The van der Waals surface area contributed by atoms with Crippen LogP contribution in [0.1, 0.15) is 5.76 Å². The van der Waals surface area contributed by atoms with Crippen LogP contribution in [-0.2, 0) is 19.6 Å². The van der Waals surface area contributed by atoms with Crippen molar-refractivity contribution in [2.45, 2.75) is 4.90 Å². The summed E-state index contributed by atoms with van der Waals surface area (Å²) in [6, 6.07) is 9.13. The first-order chi connectivity index (χ1) is 11.3. The van der Waals surface area contributed by atoms with Gasteiger partial charge < -0.3 is 13.9 Å². The number of benzene rings is 1. The van der Waals surface area contributed by atoms with Crippen molar-refractivity contribution in [3.8, 4) is 5.75 Å². The van der Waals surface area contributed by atoms with Gasteiger partial charge in [-0.1, -0.05) is 0 Å². The summed E-state index contributed by atoms with van der Waals surface area (Å²) in [7, 11) is -3.72. The van der Waals surface area contributed by atoms with E-state index < -0.39 is 16.0 Å². The number of primary sulfonamides is 1. The molecule has 2 N–H and O–H groups in total. The van der Waals surface area contributed by atoms with Gasteiger partial charge in [0.05, 0.1) is 4.90 Å². The van der Waals surface area contributed by atoms with Gasteiger partial charge in [0, 0.05) is 6.08 Å². The van der Waals surface area contributed by atoms with Crippen molar-refractivity contribution in [2.24, 2.45) is 5.14 Å². The average Bonchev–Trinajstić information content (AvgIpc) is 2.95. The molecule has 0 aliphatic rings. The lowest BCUT2D eigenvalue weighted by molar-refractivity contribution is -0.138. The van der Waals surface area contributed by atoms with Crippen LogP contribution in [-0.4, -0.2) is 27.6 Å². The molecule has 1 heterocycles. The zero-order valence-corrected chi connectivity index (χ0v) is 15.3. The van der Waals surface area contributed by atoms with E-state index in [-0.39, 0.29) is 18.1 Å². The summed E-state index contributed by atoms with van der Waals surface area (Å²) in [6.07, 6.45) is 2.77. The summed E-state index contributed by atoms with van der Waals surface area (Å²) >= 11 is 2.02. The van der Waals surface area contributed by atoms with Crippen LogP contribution >= 0.6 is 22.6 Å². The lowest BCUT2D eigenvalue weighted by Gasteiger charge is -2.06. The Morgan fingerprint density at radius 2 is 1.88 bits per heavy atom. The molecular formula is C15H14INO6S. The second kappa shape index (κ2) is 8.31. The number of hydrogen-bond donors (Lipinski definition) is 1. The van der Waals surface area contributed by atoms with Crippen LogP contribution in [0.25, 0.3) is 6.08 Å². The highest BCUT2D eigenvalue weighted by atomic mass is 127. The molecule has 0 amide bonds. The van der Waals surface area contributed by atoms with E-state index in [1.165, 1.54) is 36.4 Å². The highest BCUT2D eigenvalue weighted by molar-refractivity contribution is 14.1. The van der Waals surface area contributed by atoms with Crippen LogP contribution in [0.15, 0.2) is 51.8 Å². The zero-order chi connectivity index (χ0) is 17.6. The van der Waals surface area contributed by atoms with E-state index in [9.17, 15) is 13.2 Å². The van der Waals surface area contributed by atoms with Crippen LogP contribution in [0.4, 0.5) is 0 Å². The third kappa shape index (κ3) is 5.98. The van der Waals surface area contributed by atoms with Crippen LogP contribution in [0.2, 0.25) is 0 Å². The fourth-order valence-corrected chi connectivity index (χ4v) is 2.59. The maximum absolute atomic E-state index is 11.5. The Kier molecular flexibility index (Phi) is 6.40. The molecule has 0 unspecified atom stereocenters. The van der Waals surface area contributed by atoms with Crippen molar-refractivity contribution >= 4 is 44.7 Å². The maximum atomic E-state index is 11.5. The average molecular weight is 463 g/mol. The Morgan fingerprint density at radius 3 is 2.46 bits per heavy atom. The number of ether oxygens (including phenoxy) is 2. The van der Waals surface area contributed by atoms with Crippen molar-refractivity contribution < 1.29 is 27.1 Å². The smallest absolute Gasteiger partial charge is 0.331 e. The molecular weight excluding hydrogens is 449 g/mol. The predicted molar refractivity (Wildman–Crippen MR) is 94.7 cm³/mol. The summed E-state index contributed by atoms with van der Waals surface area (Å²) in [5.41, 5.74) is 0. The van der Waals surface area contributed by atoms with E-state index >= 15 is 0 Å². The Hall–Kier alpha value is -1.85. The topological polar surface area (TPSA) is 109 Å². The molecule has 9 heteroatoms. The Bertz CT molecular complexity index is 826. The van der Waals surface area contributed by atoms with Gasteiger partial charge in [0.25, 0.3) is 0 Å². The van der Waals surface area contributed by atoms with E-state index in [1.807, 2.05) is 22.6 Å². The number of furan rings is 1. The molecule has 0 bridgehead atoms. The fraction of sp³-hybridized carbons (Fsp3) is 0.133. The van der Waals surface area contributed by atoms with Crippen LogP contribution in [0, 0.1) is 3.77 Å². The molecule has 2 rings (SSSR count). The molecule has 0 spiro atoms. The molecule has 0 radical (unpaired) electrons. The first-order valence-corrected chi connectivity index (χ1v) is 9.33. The number of sulfonamides is 1. The second-order valence-corrected chi connectivity index (χ2v) is 7.13. The minimum Gasteiger partial charge on any atom is -0.490 e. The molecule has 1 aromatic carbocycles. The van der Waals surface area contributed by atoms with Gasteiger partial charge in [0.1, 0.15) is 24.7 Å². The van der Waals surface area contributed by atoms with Gasteiger partial charge in [-0.3, -0.25) is 0 Å². The maximum Gasteiger partial charge on any atom is 0.331 e. The van der Waals surface area contributed by atoms with Gasteiger partial charge in [-0.25, -0.2) is 18.4 Å². The summed E-state index contributed by atoms with van der Waals surface area (Å²) in [4.78, 5) is 11.5. The SMILES string of the molecule is NS(=O)(=O)c1ccc(OCCOC(=O)/C=C/c2ccc(I)o2)cc1. The molecule has 2 aromatic rings. The van der Waals surface area contributed by atoms with E-state index in [0.717, 1.165) is 3.77 Å². The van der Waals surface area contributed by atoms with Crippen LogP contribution in [0.5, 0.6) is 5.75 Å².